The second-order valence-corrected chi connectivity index (χ2v) is 5.87. The highest BCUT2D eigenvalue weighted by atomic mass is 32.2. The SMILES string of the molecule is O=C(O)CCNC(=O)NC1CCS(=O)(=O)C1. The maximum atomic E-state index is 11.2. The van der Waals surface area contributed by atoms with Crippen molar-refractivity contribution in [3.05, 3.63) is 0 Å². The third-order valence-corrected chi connectivity index (χ3v) is 3.96. The summed E-state index contributed by atoms with van der Waals surface area (Å²) in [5.74, 6) is -0.948. The Hall–Kier alpha value is -1.31. The van der Waals surface area contributed by atoms with Gasteiger partial charge in [0.15, 0.2) is 9.84 Å². The molecule has 0 aromatic carbocycles. The van der Waals surface area contributed by atoms with Gasteiger partial charge in [-0.1, -0.05) is 0 Å². The molecule has 92 valence electrons. The van der Waals surface area contributed by atoms with E-state index in [-0.39, 0.29) is 30.5 Å². The summed E-state index contributed by atoms with van der Waals surface area (Å²) < 4.78 is 22.2. The highest BCUT2D eigenvalue weighted by Gasteiger charge is 2.28. The van der Waals surface area contributed by atoms with Gasteiger partial charge in [0, 0.05) is 12.6 Å². The molecule has 3 N–H and O–H groups in total. The van der Waals surface area contributed by atoms with Crippen molar-refractivity contribution in [1.82, 2.24) is 10.6 Å². The van der Waals surface area contributed by atoms with Crippen molar-refractivity contribution in [1.29, 1.82) is 0 Å². The number of carboxylic acids is 1. The van der Waals surface area contributed by atoms with Gasteiger partial charge in [-0.05, 0) is 6.42 Å². The minimum Gasteiger partial charge on any atom is -0.481 e. The van der Waals surface area contributed by atoms with Gasteiger partial charge in [-0.15, -0.1) is 0 Å². The molecule has 0 radical (unpaired) electrons. The first-order valence-electron chi connectivity index (χ1n) is 4.85. The molecule has 0 saturated carbocycles. The molecule has 1 unspecified atom stereocenters. The highest BCUT2D eigenvalue weighted by molar-refractivity contribution is 7.91. The zero-order valence-corrected chi connectivity index (χ0v) is 9.42. The molecule has 0 aromatic heterocycles. The molecule has 1 atom stereocenters. The third kappa shape index (κ3) is 4.47. The number of hydrogen-bond donors (Lipinski definition) is 3. The van der Waals surface area contributed by atoms with Crippen molar-refractivity contribution < 1.29 is 23.1 Å². The molecule has 0 aromatic rings. The van der Waals surface area contributed by atoms with E-state index in [0.29, 0.717) is 6.42 Å². The zero-order chi connectivity index (χ0) is 12.2. The van der Waals surface area contributed by atoms with E-state index >= 15 is 0 Å². The predicted octanol–water partition coefficient (Wildman–Crippen LogP) is -1.05. The molecule has 8 heteroatoms. The molecule has 1 rings (SSSR count). The molecule has 0 bridgehead atoms. The molecular formula is C8H14N2O5S. The fraction of sp³-hybridized carbons (Fsp3) is 0.750. The molecule has 7 nitrogen and oxygen atoms in total. The van der Waals surface area contributed by atoms with Gasteiger partial charge in [0.2, 0.25) is 0 Å². The molecule has 0 spiro atoms. The molecule has 1 saturated heterocycles. The fourth-order valence-electron chi connectivity index (χ4n) is 1.43. The van der Waals surface area contributed by atoms with Crippen LogP contribution in [0.3, 0.4) is 0 Å². The number of hydrogen-bond acceptors (Lipinski definition) is 4. The van der Waals surface area contributed by atoms with Crippen molar-refractivity contribution in [2.75, 3.05) is 18.1 Å². The van der Waals surface area contributed by atoms with Crippen LogP contribution >= 0.6 is 0 Å². The fourth-order valence-corrected chi connectivity index (χ4v) is 3.10. The number of carbonyl (C=O) groups excluding carboxylic acids is 1. The molecule has 1 aliphatic heterocycles. The Labute approximate surface area is 93.1 Å². The maximum absolute atomic E-state index is 11.2. The Kier molecular flexibility index (Phi) is 4.11. The lowest BCUT2D eigenvalue weighted by atomic mass is 10.3. The molecule has 2 amide bonds. The summed E-state index contributed by atoms with van der Waals surface area (Å²) >= 11 is 0. The highest BCUT2D eigenvalue weighted by Crippen LogP contribution is 2.10. The molecular weight excluding hydrogens is 236 g/mol. The summed E-state index contributed by atoms with van der Waals surface area (Å²) in [5, 5.41) is 13.2. The van der Waals surface area contributed by atoms with E-state index in [1.807, 2.05) is 0 Å². The van der Waals surface area contributed by atoms with Crippen molar-refractivity contribution in [3.63, 3.8) is 0 Å². The van der Waals surface area contributed by atoms with E-state index in [1.54, 1.807) is 0 Å². The molecule has 1 fully saturated rings. The van der Waals surface area contributed by atoms with Crippen molar-refractivity contribution in [3.8, 4) is 0 Å². The maximum Gasteiger partial charge on any atom is 0.315 e. The predicted molar refractivity (Wildman–Crippen MR) is 55.8 cm³/mol. The Bertz CT molecular complexity index is 378. The lowest BCUT2D eigenvalue weighted by Crippen LogP contribution is -2.43. The van der Waals surface area contributed by atoms with Crippen LogP contribution in [0.15, 0.2) is 0 Å². The summed E-state index contributed by atoms with van der Waals surface area (Å²) in [4.78, 5) is 21.3. The molecule has 1 aliphatic rings. The molecule has 1 heterocycles. The summed E-state index contributed by atoms with van der Waals surface area (Å²) in [5.41, 5.74) is 0. The van der Waals surface area contributed by atoms with Crippen molar-refractivity contribution in [2.45, 2.75) is 18.9 Å². The Morgan fingerprint density at radius 2 is 2.06 bits per heavy atom. The van der Waals surface area contributed by atoms with Crippen molar-refractivity contribution in [2.24, 2.45) is 0 Å². The quantitative estimate of drug-likeness (QED) is 0.589. The minimum absolute atomic E-state index is 0.0284. The van der Waals surface area contributed by atoms with Gasteiger partial charge in [0.25, 0.3) is 0 Å². The first-order chi connectivity index (χ1) is 7.39. The lowest BCUT2D eigenvalue weighted by Gasteiger charge is -2.11. The van der Waals surface area contributed by atoms with E-state index in [9.17, 15) is 18.0 Å². The second-order valence-electron chi connectivity index (χ2n) is 3.64. The average molecular weight is 250 g/mol. The topological polar surface area (TPSA) is 113 Å². The number of carboxylic acid groups (broad SMARTS) is 1. The molecule has 16 heavy (non-hydrogen) atoms. The number of sulfone groups is 1. The van der Waals surface area contributed by atoms with Crippen LogP contribution in [0.25, 0.3) is 0 Å². The largest absolute Gasteiger partial charge is 0.481 e. The summed E-state index contributed by atoms with van der Waals surface area (Å²) in [6.45, 7) is 0.0284. The Balaban J connectivity index is 2.23. The van der Waals surface area contributed by atoms with E-state index in [0.717, 1.165) is 0 Å². The Morgan fingerprint density at radius 3 is 2.56 bits per heavy atom. The number of amides is 2. The van der Waals surface area contributed by atoms with Crippen LogP contribution in [-0.2, 0) is 14.6 Å². The average Bonchev–Trinajstić information content (AvgIpc) is 2.44. The van der Waals surface area contributed by atoms with E-state index in [1.165, 1.54) is 0 Å². The van der Waals surface area contributed by atoms with Crippen molar-refractivity contribution >= 4 is 21.8 Å². The van der Waals surface area contributed by atoms with E-state index in [4.69, 9.17) is 5.11 Å². The van der Waals surface area contributed by atoms with Gasteiger partial charge in [-0.2, -0.15) is 0 Å². The van der Waals surface area contributed by atoms with Gasteiger partial charge >= 0.3 is 12.0 Å². The summed E-state index contributed by atoms with van der Waals surface area (Å²) in [7, 11) is -3.01. The van der Waals surface area contributed by atoms with Crippen LogP contribution in [0.1, 0.15) is 12.8 Å². The van der Waals surface area contributed by atoms with Crippen LogP contribution < -0.4 is 10.6 Å². The van der Waals surface area contributed by atoms with Gasteiger partial charge < -0.3 is 15.7 Å². The third-order valence-electron chi connectivity index (χ3n) is 2.19. The van der Waals surface area contributed by atoms with Gasteiger partial charge in [-0.3, -0.25) is 4.79 Å². The number of carbonyl (C=O) groups is 2. The number of aliphatic carboxylic acids is 1. The van der Waals surface area contributed by atoms with Crippen LogP contribution in [0.4, 0.5) is 4.79 Å². The normalized spacial score (nSPS) is 22.6. The van der Waals surface area contributed by atoms with E-state index in [2.05, 4.69) is 10.6 Å². The minimum atomic E-state index is -3.01. The second kappa shape index (κ2) is 5.15. The number of nitrogens with one attached hydrogen (secondary N) is 2. The van der Waals surface area contributed by atoms with Crippen LogP contribution in [-0.4, -0.2) is 49.6 Å². The van der Waals surface area contributed by atoms with Gasteiger partial charge in [-0.25, -0.2) is 13.2 Å². The molecule has 0 aliphatic carbocycles. The van der Waals surface area contributed by atoms with Crippen LogP contribution in [0, 0.1) is 0 Å². The first-order valence-corrected chi connectivity index (χ1v) is 6.68. The number of rotatable bonds is 4. The monoisotopic (exact) mass is 250 g/mol. The van der Waals surface area contributed by atoms with E-state index < -0.39 is 21.8 Å². The summed E-state index contributed by atoms with van der Waals surface area (Å²) in [6.07, 6.45) is 0.255. The Morgan fingerprint density at radius 1 is 1.38 bits per heavy atom. The lowest BCUT2D eigenvalue weighted by molar-refractivity contribution is -0.136. The van der Waals surface area contributed by atoms with Crippen LogP contribution in [0.2, 0.25) is 0 Å². The number of urea groups is 1. The van der Waals surface area contributed by atoms with Gasteiger partial charge in [0.05, 0.1) is 17.9 Å². The smallest absolute Gasteiger partial charge is 0.315 e. The summed E-state index contributed by atoms with van der Waals surface area (Å²) in [6, 6.07) is -0.891. The van der Waals surface area contributed by atoms with Crippen LogP contribution in [0.5, 0.6) is 0 Å². The standard InChI is InChI=1S/C8H14N2O5S/c11-7(12)1-3-9-8(13)10-6-2-4-16(14,15)5-6/h6H,1-5H2,(H,11,12)(H2,9,10,13). The zero-order valence-electron chi connectivity index (χ0n) is 8.60. The van der Waals surface area contributed by atoms with Gasteiger partial charge in [0.1, 0.15) is 0 Å². The first kappa shape index (κ1) is 12.8.